The Bertz CT molecular complexity index is 486. The zero-order chi connectivity index (χ0) is 12.7. The number of fused-ring (bicyclic) bond motifs is 3. The van der Waals surface area contributed by atoms with Gasteiger partial charge in [0.2, 0.25) is 0 Å². The predicted molar refractivity (Wildman–Crippen MR) is 80.8 cm³/mol. The number of hydrogen-bond donors (Lipinski definition) is 0. The van der Waals surface area contributed by atoms with Crippen LogP contribution >= 0.6 is 0 Å². The summed E-state index contributed by atoms with van der Waals surface area (Å²) >= 11 is 0. The smallest absolute Gasteiger partial charge is 0.0122 e. The van der Waals surface area contributed by atoms with E-state index >= 15 is 0 Å². The Labute approximate surface area is 117 Å². The summed E-state index contributed by atoms with van der Waals surface area (Å²) in [6.07, 6.45) is 23.1. The summed E-state index contributed by atoms with van der Waals surface area (Å²) in [6, 6.07) is 0. The van der Waals surface area contributed by atoms with Gasteiger partial charge in [0.05, 0.1) is 0 Å². The van der Waals surface area contributed by atoms with Gasteiger partial charge in [-0.3, -0.25) is 0 Å². The minimum Gasteiger partial charge on any atom is -0.0622 e. The Morgan fingerprint density at radius 3 is 2.63 bits per heavy atom. The molecule has 0 saturated heterocycles. The third-order valence-corrected chi connectivity index (χ3v) is 5.77. The highest BCUT2D eigenvalue weighted by Crippen LogP contribution is 2.55. The molecule has 0 heterocycles. The molecule has 0 spiro atoms. The number of rotatable bonds is 0. The molecule has 0 amide bonds. The second-order valence-corrected chi connectivity index (χ2v) is 6.71. The fourth-order valence-corrected chi connectivity index (χ4v) is 5.03. The number of hydrogen-bond acceptors (Lipinski definition) is 0. The van der Waals surface area contributed by atoms with Crippen molar-refractivity contribution < 1.29 is 0 Å². The Morgan fingerprint density at radius 1 is 0.789 bits per heavy atom. The van der Waals surface area contributed by atoms with Crippen LogP contribution in [0.5, 0.6) is 0 Å². The first-order valence-electron chi connectivity index (χ1n) is 8.23. The summed E-state index contributed by atoms with van der Waals surface area (Å²) < 4.78 is 0. The average Bonchev–Trinajstić information content (AvgIpc) is 2.58. The monoisotopic (exact) mass is 252 g/mol. The van der Waals surface area contributed by atoms with E-state index in [0.29, 0.717) is 0 Å². The zero-order valence-electron chi connectivity index (χ0n) is 11.8. The van der Waals surface area contributed by atoms with Gasteiger partial charge in [-0.15, -0.1) is 0 Å². The van der Waals surface area contributed by atoms with Crippen LogP contribution in [0, 0.1) is 17.8 Å². The zero-order valence-corrected chi connectivity index (χ0v) is 11.8. The first kappa shape index (κ1) is 11.8. The molecule has 0 radical (unpaired) electrons. The molecule has 2 saturated carbocycles. The molecule has 4 rings (SSSR count). The van der Waals surface area contributed by atoms with E-state index in [1.807, 2.05) is 0 Å². The molecule has 19 heavy (non-hydrogen) atoms. The molecule has 0 nitrogen and oxygen atoms in total. The minimum atomic E-state index is 0.887. The lowest BCUT2D eigenvalue weighted by Crippen LogP contribution is -2.21. The van der Waals surface area contributed by atoms with Crippen LogP contribution in [0.2, 0.25) is 0 Å². The molecule has 0 aromatic heterocycles. The standard InChI is InChI=1S/C19H24/c1-2-8-14-9-4-5-13-18-16-11-7-6-10-15(16)17(12-3-1)19(14)18/h1-3,8,12,15-16,18H,4-7,9-11,13H2/b2-1?,3-1?,8-2?,12-3?,14-8-,17-12?. The summed E-state index contributed by atoms with van der Waals surface area (Å²) in [7, 11) is 0. The topological polar surface area (TPSA) is 0 Å². The van der Waals surface area contributed by atoms with E-state index in [-0.39, 0.29) is 0 Å². The van der Waals surface area contributed by atoms with Crippen LogP contribution in [0.3, 0.4) is 0 Å². The fraction of sp³-hybridized carbons (Fsp3) is 0.579. The van der Waals surface area contributed by atoms with Gasteiger partial charge in [-0.25, -0.2) is 0 Å². The Balaban J connectivity index is 1.84. The maximum atomic E-state index is 2.45. The van der Waals surface area contributed by atoms with Gasteiger partial charge < -0.3 is 0 Å². The van der Waals surface area contributed by atoms with Gasteiger partial charge in [0.25, 0.3) is 0 Å². The van der Waals surface area contributed by atoms with Crippen LogP contribution in [0.1, 0.15) is 51.4 Å². The fourth-order valence-electron chi connectivity index (χ4n) is 5.03. The SMILES string of the molecule is C1=C/C=C2/CCCCC3C2=C(C=C1)C1CCCCC13. The molecule has 4 aliphatic rings. The lowest BCUT2D eigenvalue weighted by atomic mass is 9.74. The second-order valence-electron chi connectivity index (χ2n) is 6.71. The van der Waals surface area contributed by atoms with Crippen LogP contribution < -0.4 is 0 Å². The third kappa shape index (κ3) is 1.88. The maximum absolute atomic E-state index is 2.45. The van der Waals surface area contributed by atoms with Crippen molar-refractivity contribution in [2.24, 2.45) is 17.8 Å². The average molecular weight is 252 g/mol. The molecule has 0 aromatic rings. The summed E-state index contributed by atoms with van der Waals surface area (Å²) in [5.41, 5.74) is 5.19. The first-order chi connectivity index (χ1) is 9.45. The molecule has 0 N–H and O–H groups in total. The van der Waals surface area contributed by atoms with Gasteiger partial charge in [0.15, 0.2) is 0 Å². The third-order valence-electron chi connectivity index (χ3n) is 5.77. The van der Waals surface area contributed by atoms with E-state index in [9.17, 15) is 0 Å². The van der Waals surface area contributed by atoms with E-state index in [4.69, 9.17) is 0 Å². The molecule has 3 unspecified atom stereocenters. The van der Waals surface area contributed by atoms with Gasteiger partial charge in [-0.1, -0.05) is 49.6 Å². The highest BCUT2D eigenvalue weighted by atomic mass is 14.5. The summed E-state index contributed by atoms with van der Waals surface area (Å²) in [4.78, 5) is 0. The van der Waals surface area contributed by atoms with Gasteiger partial charge in [-0.2, -0.15) is 0 Å². The Kier molecular flexibility index (Phi) is 2.98. The quantitative estimate of drug-likeness (QED) is 0.545. The van der Waals surface area contributed by atoms with Gasteiger partial charge >= 0.3 is 0 Å². The largest absolute Gasteiger partial charge is 0.0622 e. The predicted octanol–water partition coefficient (Wildman–Crippen LogP) is 5.35. The van der Waals surface area contributed by atoms with E-state index in [2.05, 4.69) is 30.4 Å². The first-order valence-corrected chi connectivity index (χ1v) is 8.23. The lowest BCUT2D eigenvalue weighted by Gasteiger charge is -2.31. The van der Waals surface area contributed by atoms with Crippen molar-refractivity contribution in [2.75, 3.05) is 0 Å². The van der Waals surface area contributed by atoms with Gasteiger partial charge in [0, 0.05) is 0 Å². The molecule has 0 heteroatoms. The van der Waals surface area contributed by atoms with E-state index in [0.717, 1.165) is 17.8 Å². The van der Waals surface area contributed by atoms with Crippen molar-refractivity contribution in [1.82, 2.24) is 0 Å². The molecule has 4 aliphatic carbocycles. The lowest BCUT2D eigenvalue weighted by molar-refractivity contribution is 0.231. The van der Waals surface area contributed by atoms with E-state index in [1.54, 1.807) is 16.7 Å². The van der Waals surface area contributed by atoms with Crippen molar-refractivity contribution in [3.05, 3.63) is 47.1 Å². The van der Waals surface area contributed by atoms with Gasteiger partial charge in [0.1, 0.15) is 0 Å². The van der Waals surface area contributed by atoms with Crippen molar-refractivity contribution in [1.29, 1.82) is 0 Å². The van der Waals surface area contributed by atoms with Gasteiger partial charge in [-0.05, 0) is 66.6 Å². The van der Waals surface area contributed by atoms with Crippen LogP contribution in [-0.2, 0) is 0 Å². The normalized spacial score (nSPS) is 39.8. The van der Waals surface area contributed by atoms with Crippen molar-refractivity contribution in [3.63, 3.8) is 0 Å². The molecule has 3 atom stereocenters. The van der Waals surface area contributed by atoms with Crippen molar-refractivity contribution in [2.45, 2.75) is 51.4 Å². The second kappa shape index (κ2) is 4.81. The Morgan fingerprint density at radius 2 is 1.63 bits per heavy atom. The maximum Gasteiger partial charge on any atom is -0.0122 e. The van der Waals surface area contributed by atoms with Crippen molar-refractivity contribution in [3.8, 4) is 0 Å². The molecule has 0 aromatic carbocycles. The minimum absolute atomic E-state index is 0.887. The van der Waals surface area contributed by atoms with E-state index in [1.165, 1.54) is 51.4 Å². The summed E-state index contributed by atoms with van der Waals surface area (Å²) in [6.45, 7) is 0. The molecule has 2 fully saturated rings. The summed E-state index contributed by atoms with van der Waals surface area (Å²) in [5.74, 6) is 2.76. The number of allylic oxidation sites excluding steroid dienone is 8. The highest BCUT2D eigenvalue weighted by Gasteiger charge is 2.43. The summed E-state index contributed by atoms with van der Waals surface area (Å²) in [5, 5.41) is 0. The molecule has 0 bridgehead atoms. The van der Waals surface area contributed by atoms with Crippen LogP contribution in [-0.4, -0.2) is 0 Å². The molecule has 100 valence electrons. The molecular weight excluding hydrogens is 228 g/mol. The molecular formula is C19H24. The van der Waals surface area contributed by atoms with Crippen molar-refractivity contribution >= 4 is 0 Å². The van der Waals surface area contributed by atoms with Crippen LogP contribution in [0.4, 0.5) is 0 Å². The van der Waals surface area contributed by atoms with Crippen LogP contribution in [0.25, 0.3) is 0 Å². The van der Waals surface area contributed by atoms with E-state index < -0.39 is 0 Å². The highest BCUT2D eigenvalue weighted by molar-refractivity contribution is 5.51. The molecule has 0 aliphatic heterocycles. The Hall–Kier alpha value is -1.04. The van der Waals surface area contributed by atoms with Crippen LogP contribution in [0.15, 0.2) is 47.1 Å².